The van der Waals surface area contributed by atoms with E-state index in [1.165, 1.54) is 0 Å². The minimum atomic E-state index is -0.0459. The summed E-state index contributed by atoms with van der Waals surface area (Å²) in [6, 6.07) is 15.8. The van der Waals surface area contributed by atoms with Crippen molar-refractivity contribution < 1.29 is 4.74 Å². The minimum Gasteiger partial charge on any atom is -0.438 e. The summed E-state index contributed by atoms with van der Waals surface area (Å²) in [5, 5.41) is 2.27. The molecule has 21 heavy (non-hydrogen) atoms. The molecule has 0 fully saturated rings. The maximum atomic E-state index is 5.89. The molecule has 2 aromatic carbocycles. The Labute approximate surface area is 131 Å². The predicted octanol–water partition coefficient (Wildman–Crippen LogP) is 4.81. The quantitative estimate of drug-likeness (QED) is 0.742. The fourth-order valence-electron chi connectivity index (χ4n) is 2.17. The van der Waals surface area contributed by atoms with E-state index in [2.05, 4.69) is 33.0 Å². The first kappa shape index (κ1) is 14.0. The van der Waals surface area contributed by atoms with Crippen molar-refractivity contribution in [2.24, 2.45) is 5.73 Å². The Morgan fingerprint density at radius 2 is 1.95 bits per heavy atom. The predicted molar refractivity (Wildman–Crippen MR) is 88.6 cm³/mol. The van der Waals surface area contributed by atoms with Gasteiger partial charge in [-0.3, -0.25) is 0 Å². The summed E-state index contributed by atoms with van der Waals surface area (Å²) in [6.45, 7) is 1.94. The summed E-state index contributed by atoms with van der Waals surface area (Å²) in [5.41, 5.74) is 6.88. The normalized spacial score (nSPS) is 12.3. The summed E-state index contributed by atoms with van der Waals surface area (Å²) < 4.78 is 6.82. The van der Waals surface area contributed by atoms with Gasteiger partial charge in [0, 0.05) is 18.3 Å². The van der Waals surface area contributed by atoms with Gasteiger partial charge in [-0.2, -0.15) is 0 Å². The first-order valence-electron chi connectivity index (χ1n) is 6.72. The molecule has 1 unspecified atom stereocenters. The molecule has 1 heterocycles. The average Bonchev–Trinajstić information content (AvgIpc) is 2.51. The Kier molecular flexibility index (Phi) is 3.90. The molecule has 0 bridgehead atoms. The first-order valence-corrected chi connectivity index (χ1v) is 7.51. The van der Waals surface area contributed by atoms with E-state index in [0.29, 0.717) is 5.88 Å². The lowest BCUT2D eigenvalue weighted by molar-refractivity contribution is 0.459. The number of halogens is 1. The van der Waals surface area contributed by atoms with Crippen molar-refractivity contribution in [1.29, 1.82) is 0 Å². The molecule has 0 saturated heterocycles. The van der Waals surface area contributed by atoms with Gasteiger partial charge in [-0.15, -0.1) is 0 Å². The van der Waals surface area contributed by atoms with Gasteiger partial charge >= 0.3 is 0 Å². The van der Waals surface area contributed by atoms with Gasteiger partial charge in [-0.1, -0.05) is 30.3 Å². The number of nitrogens with two attached hydrogens (primary N) is 1. The fraction of sp³-hybridized carbons (Fsp3) is 0.118. The van der Waals surface area contributed by atoms with Crippen LogP contribution in [-0.2, 0) is 0 Å². The molecule has 0 aliphatic rings. The van der Waals surface area contributed by atoms with Crippen molar-refractivity contribution in [2.75, 3.05) is 0 Å². The second kappa shape index (κ2) is 5.84. The maximum Gasteiger partial charge on any atom is 0.219 e. The Morgan fingerprint density at radius 3 is 2.76 bits per heavy atom. The van der Waals surface area contributed by atoms with Gasteiger partial charge in [0.2, 0.25) is 5.88 Å². The van der Waals surface area contributed by atoms with E-state index in [4.69, 9.17) is 10.5 Å². The van der Waals surface area contributed by atoms with Crippen LogP contribution in [0, 0.1) is 0 Å². The molecule has 0 saturated carbocycles. The van der Waals surface area contributed by atoms with Crippen LogP contribution < -0.4 is 10.5 Å². The van der Waals surface area contributed by atoms with Gasteiger partial charge in [-0.05, 0) is 51.3 Å². The van der Waals surface area contributed by atoms with Crippen LogP contribution in [0.25, 0.3) is 10.8 Å². The molecule has 106 valence electrons. The highest BCUT2D eigenvalue weighted by molar-refractivity contribution is 9.10. The molecule has 3 aromatic rings. The lowest BCUT2D eigenvalue weighted by Crippen LogP contribution is -2.05. The Hall–Kier alpha value is -1.91. The molecular weight excluding hydrogens is 328 g/mol. The van der Waals surface area contributed by atoms with Crippen LogP contribution in [0.2, 0.25) is 0 Å². The Balaban J connectivity index is 1.98. The summed E-state index contributed by atoms with van der Waals surface area (Å²) in [4.78, 5) is 4.24. The lowest BCUT2D eigenvalue weighted by Gasteiger charge is -2.11. The fourth-order valence-corrected chi connectivity index (χ4v) is 2.74. The van der Waals surface area contributed by atoms with Gasteiger partial charge < -0.3 is 10.5 Å². The number of pyridine rings is 1. The zero-order valence-electron chi connectivity index (χ0n) is 11.6. The molecule has 2 N–H and O–H groups in total. The molecule has 1 aromatic heterocycles. The Morgan fingerprint density at radius 1 is 1.14 bits per heavy atom. The molecule has 4 heteroatoms. The van der Waals surface area contributed by atoms with Gasteiger partial charge in [-0.25, -0.2) is 4.98 Å². The van der Waals surface area contributed by atoms with Crippen LogP contribution >= 0.6 is 15.9 Å². The van der Waals surface area contributed by atoms with Gasteiger partial charge in [0.05, 0.1) is 4.47 Å². The van der Waals surface area contributed by atoms with Gasteiger partial charge in [0.15, 0.2) is 0 Å². The maximum absolute atomic E-state index is 5.89. The SMILES string of the molecule is CC(N)c1ccnc(Oc2ccc3ccccc3c2Br)c1. The zero-order valence-corrected chi connectivity index (χ0v) is 13.2. The number of ether oxygens (including phenoxy) is 1. The molecule has 3 rings (SSSR count). The highest BCUT2D eigenvalue weighted by Gasteiger charge is 2.09. The lowest BCUT2D eigenvalue weighted by atomic mass is 10.1. The number of benzene rings is 2. The minimum absolute atomic E-state index is 0.0459. The molecular formula is C17H15BrN2O. The van der Waals surface area contributed by atoms with Crippen LogP contribution in [0.3, 0.4) is 0 Å². The van der Waals surface area contributed by atoms with Crippen LogP contribution in [0.4, 0.5) is 0 Å². The number of fused-ring (bicyclic) bond motifs is 1. The monoisotopic (exact) mass is 342 g/mol. The highest BCUT2D eigenvalue weighted by Crippen LogP contribution is 2.35. The van der Waals surface area contributed by atoms with E-state index in [1.54, 1.807) is 6.20 Å². The molecule has 1 atom stereocenters. The van der Waals surface area contributed by atoms with E-state index in [-0.39, 0.29) is 6.04 Å². The third-order valence-corrected chi connectivity index (χ3v) is 4.15. The third-order valence-electron chi connectivity index (χ3n) is 3.33. The molecule has 3 nitrogen and oxygen atoms in total. The van der Waals surface area contributed by atoms with E-state index in [0.717, 1.165) is 26.6 Å². The topological polar surface area (TPSA) is 48.1 Å². The summed E-state index contributed by atoms with van der Waals surface area (Å²) >= 11 is 3.61. The summed E-state index contributed by atoms with van der Waals surface area (Å²) in [7, 11) is 0. The zero-order chi connectivity index (χ0) is 14.8. The number of hydrogen-bond donors (Lipinski definition) is 1. The number of nitrogens with zero attached hydrogens (tertiary/aromatic N) is 1. The van der Waals surface area contributed by atoms with E-state index < -0.39 is 0 Å². The summed E-state index contributed by atoms with van der Waals surface area (Å²) in [5.74, 6) is 1.28. The molecule has 0 amide bonds. The third kappa shape index (κ3) is 2.91. The second-order valence-corrected chi connectivity index (χ2v) is 5.71. The highest BCUT2D eigenvalue weighted by atomic mass is 79.9. The van der Waals surface area contributed by atoms with Crippen LogP contribution in [0.5, 0.6) is 11.6 Å². The number of aromatic nitrogens is 1. The molecule has 0 spiro atoms. The van der Waals surface area contributed by atoms with E-state index >= 15 is 0 Å². The van der Waals surface area contributed by atoms with Gasteiger partial charge in [0.1, 0.15) is 5.75 Å². The Bertz CT molecular complexity index is 787. The van der Waals surface area contributed by atoms with Crippen molar-refractivity contribution in [2.45, 2.75) is 13.0 Å². The number of rotatable bonds is 3. The first-order chi connectivity index (χ1) is 10.1. The van der Waals surface area contributed by atoms with Crippen LogP contribution in [-0.4, -0.2) is 4.98 Å². The van der Waals surface area contributed by atoms with Crippen molar-refractivity contribution in [3.63, 3.8) is 0 Å². The van der Waals surface area contributed by atoms with Crippen molar-refractivity contribution in [1.82, 2.24) is 4.98 Å². The van der Waals surface area contributed by atoms with Gasteiger partial charge in [0.25, 0.3) is 0 Å². The smallest absolute Gasteiger partial charge is 0.219 e. The standard InChI is InChI=1S/C17H15BrN2O/c1-11(19)13-8-9-20-16(10-13)21-15-7-6-12-4-2-3-5-14(12)17(15)18/h2-11H,19H2,1H3. The van der Waals surface area contributed by atoms with E-state index in [9.17, 15) is 0 Å². The second-order valence-electron chi connectivity index (χ2n) is 4.92. The molecule has 0 radical (unpaired) electrons. The number of hydrogen-bond acceptors (Lipinski definition) is 3. The molecule has 0 aliphatic heterocycles. The molecule has 0 aliphatic carbocycles. The van der Waals surface area contributed by atoms with Crippen molar-refractivity contribution >= 4 is 26.7 Å². The largest absolute Gasteiger partial charge is 0.438 e. The van der Waals surface area contributed by atoms with Crippen molar-refractivity contribution in [3.8, 4) is 11.6 Å². The van der Waals surface area contributed by atoms with E-state index in [1.807, 2.05) is 43.3 Å². The van der Waals surface area contributed by atoms with Crippen LogP contribution in [0.1, 0.15) is 18.5 Å². The average molecular weight is 343 g/mol. The van der Waals surface area contributed by atoms with Crippen LogP contribution in [0.15, 0.2) is 59.2 Å². The summed E-state index contributed by atoms with van der Waals surface area (Å²) in [6.07, 6.45) is 1.71. The van der Waals surface area contributed by atoms with Crippen molar-refractivity contribution in [3.05, 3.63) is 64.8 Å².